The summed E-state index contributed by atoms with van der Waals surface area (Å²) in [6, 6.07) is 33.4. The second-order valence-corrected chi connectivity index (χ2v) is 13.7. The molecule has 1 heterocycles. The van der Waals surface area contributed by atoms with E-state index in [1.165, 1.54) is 37.5 Å². The van der Waals surface area contributed by atoms with Crippen molar-refractivity contribution >= 4 is 29.3 Å². The van der Waals surface area contributed by atoms with Crippen molar-refractivity contribution in [2.24, 2.45) is 5.92 Å². The molecule has 1 saturated heterocycles. The molecule has 1 saturated carbocycles. The van der Waals surface area contributed by atoms with E-state index in [1.807, 2.05) is 0 Å². The number of rotatable bonds is 9. The van der Waals surface area contributed by atoms with Gasteiger partial charge in [0.05, 0.1) is 23.9 Å². The third kappa shape index (κ3) is 5.96. The molecule has 1 aliphatic heterocycles. The summed E-state index contributed by atoms with van der Waals surface area (Å²) in [5.74, 6) is 0.0619. The Kier molecular flexibility index (Phi) is 8.93. The molecule has 0 amide bonds. The molecule has 4 aromatic carbocycles. The molecule has 0 unspecified atom stereocenters. The molecule has 2 fully saturated rings. The predicted molar refractivity (Wildman–Crippen MR) is 183 cm³/mol. The lowest BCUT2D eigenvalue weighted by molar-refractivity contribution is -0.143. The quantitative estimate of drug-likeness (QED) is 0.160. The van der Waals surface area contributed by atoms with Crippen molar-refractivity contribution in [1.82, 2.24) is 5.32 Å². The standard InChI is InChI=1S/C39H46BNO4/c1-37(2)38(3,4)45-40(44-37)34-26-25-28(32-23-15-16-24-33(32)34)27-35(36(42)43-5)41-39(29-17-9-6-10-18-29,30-19-11-7-12-20-30)31-21-13-8-14-22-31/h6-7,9-12,15-20,23-26,31,35,41H,8,13-14,21-22,27H2,1-5H3/t35-/m0/s1. The Morgan fingerprint density at radius 2 is 1.33 bits per heavy atom. The molecule has 6 rings (SSSR count). The number of hydrogen-bond acceptors (Lipinski definition) is 5. The van der Waals surface area contributed by atoms with Crippen LogP contribution in [0.3, 0.4) is 0 Å². The molecule has 0 radical (unpaired) electrons. The zero-order valence-corrected chi connectivity index (χ0v) is 27.3. The Morgan fingerprint density at radius 1 is 0.800 bits per heavy atom. The Bertz CT molecular complexity index is 1560. The summed E-state index contributed by atoms with van der Waals surface area (Å²) in [5, 5.41) is 6.16. The third-order valence-corrected chi connectivity index (χ3v) is 10.5. The van der Waals surface area contributed by atoms with Crippen LogP contribution in [-0.2, 0) is 30.8 Å². The second kappa shape index (κ2) is 12.7. The summed E-state index contributed by atoms with van der Waals surface area (Å²) in [6.45, 7) is 8.31. The molecule has 6 heteroatoms. The van der Waals surface area contributed by atoms with Gasteiger partial charge in [0, 0.05) is 0 Å². The van der Waals surface area contributed by atoms with Gasteiger partial charge in [0.15, 0.2) is 0 Å². The summed E-state index contributed by atoms with van der Waals surface area (Å²) in [4.78, 5) is 13.8. The van der Waals surface area contributed by atoms with Crippen LogP contribution < -0.4 is 10.8 Å². The molecule has 0 aromatic heterocycles. The summed E-state index contributed by atoms with van der Waals surface area (Å²) >= 11 is 0. The number of esters is 1. The topological polar surface area (TPSA) is 56.8 Å². The van der Waals surface area contributed by atoms with E-state index in [-0.39, 0.29) is 5.97 Å². The summed E-state index contributed by atoms with van der Waals surface area (Å²) < 4.78 is 18.4. The molecular formula is C39H46BNO4. The van der Waals surface area contributed by atoms with Gasteiger partial charge in [-0.2, -0.15) is 0 Å². The van der Waals surface area contributed by atoms with Crippen molar-refractivity contribution in [1.29, 1.82) is 0 Å². The molecule has 0 bridgehead atoms. The number of benzene rings is 4. The highest BCUT2D eigenvalue weighted by molar-refractivity contribution is 6.65. The van der Waals surface area contributed by atoms with Gasteiger partial charge < -0.3 is 14.0 Å². The molecule has 0 spiro atoms. The van der Waals surface area contributed by atoms with Crippen molar-refractivity contribution in [3.63, 3.8) is 0 Å². The fraction of sp³-hybridized carbons (Fsp3) is 0.410. The van der Waals surface area contributed by atoms with E-state index in [2.05, 4.69) is 130 Å². The van der Waals surface area contributed by atoms with E-state index in [9.17, 15) is 4.79 Å². The van der Waals surface area contributed by atoms with Crippen molar-refractivity contribution in [3.05, 3.63) is 114 Å². The van der Waals surface area contributed by atoms with Crippen LogP contribution in [0.2, 0.25) is 0 Å². The minimum Gasteiger partial charge on any atom is -0.468 e. The summed E-state index contributed by atoms with van der Waals surface area (Å²) in [7, 11) is 1.02. The van der Waals surface area contributed by atoms with Gasteiger partial charge in [0.25, 0.3) is 0 Å². The van der Waals surface area contributed by atoms with E-state index in [0.29, 0.717) is 12.3 Å². The molecule has 45 heavy (non-hydrogen) atoms. The van der Waals surface area contributed by atoms with E-state index >= 15 is 0 Å². The van der Waals surface area contributed by atoms with Crippen LogP contribution >= 0.6 is 0 Å². The zero-order chi connectivity index (χ0) is 31.7. The van der Waals surface area contributed by atoms with Crippen LogP contribution in [0.15, 0.2) is 97.1 Å². The molecule has 1 N–H and O–H groups in total. The SMILES string of the molecule is COC(=O)[C@H](Cc1ccc(B2OC(C)(C)C(C)(C)O2)c2ccccc12)NC(c1ccccc1)(c1ccccc1)C1CCCCC1. The van der Waals surface area contributed by atoms with Crippen LogP contribution in [0.5, 0.6) is 0 Å². The van der Waals surface area contributed by atoms with E-state index < -0.39 is 29.9 Å². The number of methoxy groups -OCH3 is 1. The van der Waals surface area contributed by atoms with Crippen LogP contribution in [0.1, 0.15) is 76.5 Å². The van der Waals surface area contributed by atoms with Crippen molar-refractivity contribution in [3.8, 4) is 0 Å². The van der Waals surface area contributed by atoms with Gasteiger partial charge in [-0.15, -0.1) is 0 Å². The van der Waals surface area contributed by atoms with Gasteiger partial charge >= 0.3 is 13.1 Å². The Balaban J connectivity index is 1.43. The summed E-state index contributed by atoms with van der Waals surface area (Å²) in [6.07, 6.45) is 6.28. The lowest BCUT2D eigenvalue weighted by Gasteiger charge is -2.46. The van der Waals surface area contributed by atoms with Crippen LogP contribution in [0.4, 0.5) is 0 Å². The van der Waals surface area contributed by atoms with E-state index in [4.69, 9.17) is 14.0 Å². The molecule has 1 atom stereocenters. The van der Waals surface area contributed by atoms with E-state index in [0.717, 1.165) is 34.6 Å². The first kappa shape index (κ1) is 31.5. The monoisotopic (exact) mass is 603 g/mol. The number of nitrogens with one attached hydrogen (secondary N) is 1. The molecule has 2 aliphatic rings. The van der Waals surface area contributed by atoms with Gasteiger partial charge in [-0.05, 0) is 85.8 Å². The maximum atomic E-state index is 13.8. The normalized spacial score (nSPS) is 19.0. The van der Waals surface area contributed by atoms with Crippen LogP contribution in [0, 0.1) is 5.92 Å². The molecule has 5 nitrogen and oxygen atoms in total. The second-order valence-electron chi connectivity index (χ2n) is 13.7. The maximum Gasteiger partial charge on any atom is 0.495 e. The third-order valence-electron chi connectivity index (χ3n) is 10.5. The van der Waals surface area contributed by atoms with E-state index in [1.54, 1.807) is 0 Å². The molecular weight excluding hydrogens is 557 g/mol. The van der Waals surface area contributed by atoms with Crippen molar-refractivity contribution in [2.45, 2.75) is 89.0 Å². The van der Waals surface area contributed by atoms with Crippen molar-refractivity contribution < 1.29 is 18.8 Å². The van der Waals surface area contributed by atoms with Gasteiger partial charge in [-0.3, -0.25) is 10.1 Å². The van der Waals surface area contributed by atoms with Gasteiger partial charge in [0.2, 0.25) is 0 Å². The van der Waals surface area contributed by atoms with Gasteiger partial charge in [-0.1, -0.05) is 116 Å². The number of ether oxygens (including phenoxy) is 1. The molecule has 234 valence electrons. The Hall–Kier alpha value is -3.45. The van der Waals surface area contributed by atoms with Gasteiger partial charge in [0.1, 0.15) is 6.04 Å². The van der Waals surface area contributed by atoms with Crippen LogP contribution in [-0.4, -0.2) is 37.4 Å². The fourth-order valence-corrected chi connectivity index (χ4v) is 7.43. The predicted octanol–water partition coefficient (Wildman–Crippen LogP) is 7.34. The molecule has 4 aromatic rings. The minimum atomic E-state index is -0.580. The summed E-state index contributed by atoms with van der Waals surface area (Å²) in [5.41, 5.74) is 3.01. The highest BCUT2D eigenvalue weighted by Gasteiger charge is 2.52. The highest BCUT2D eigenvalue weighted by Crippen LogP contribution is 2.45. The smallest absolute Gasteiger partial charge is 0.468 e. The Morgan fingerprint density at radius 3 is 1.89 bits per heavy atom. The first-order valence-electron chi connectivity index (χ1n) is 16.5. The number of fused-ring (bicyclic) bond motifs is 1. The lowest BCUT2D eigenvalue weighted by Crippen LogP contribution is -2.57. The lowest BCUT2D eigenvalue weighted by atomic mass is 9.67. The van der Waals surface area contributed by atoms with Gasteiger partial charge in [-0.25, -0.2) is 0 Å². The van der Waals surface area contributed by atoms with Crippen LogP contribution in [0.25, 0.3) is 10.8 Å². The fourth-order valence-electron chi connectivity index (χ4n) is 7.43. The first-order chi connectivity index (χ1) is 21.7. The Labute approximate surface area is 268 Å². The van der Waals surface area contributed by atoms with Crippen molar-refractivity contribution in [2.75, 3.05) is 7.11 Å². The average Bonchev–Trinajstić information content (AvgIpc) is 3.29. The molecule has 1 aliphatic carbocycles. The minimum absolute atomic E-state index is 0.263. The average molecular weight is 604 g/mol. The number of hydrogen-bond donors (Lipinski definition) is 1. The highest BCUT2D eigenvalue weighted by atomic mass is 16.7. The zero-order valence-electron chi connectivity index (χ0n) is 27.3. The maximum absolute atomic E-state index is 13.8. The number of carbonyl (C=O) groups is 1. The number of carbonyl (C=O) groups excluding carboxylic acids is 1. The largest absolute Gasteiger partial charge is 0.495 e. The first-order valence-corrected chi connectivity index (χ1v) is 16.5.